The average Bonchev–Trinajstić information content (AvgIpc) is 2.42. The summed E-state index contributed by atoms with van der Waals surface area (Å²) in [6.45, 7) is 4.62. The summed E-state index contributed by atoms with van der Waals surface area (Å²) in [5.41, 5.74) is 1.15. The minimum absolute atomic E-state index is 0.673. The maximum absolute atomic E-state index is 4.14. The summed E-state index contributed by atoms with van der Waals surface area (Å²) in [5, 5.41) is 7.64. The molecule has 0 saturated heterocycles. The van der Waals surface area contributed by atoms with Crippen molar-refractivity contribution in [2.45, 2.75) is 32.7 Å². The molecule has 0 radical (unpaired) electrons. The van der Waals surface area contributed by atoms with Crippen molar-refractivity contribution < 1.29 is 0 Å². The minimum atomic E-state index is 0.673. The normalized spacial score (nSPS) is 26.3. The van der Waals surface area contributed by atoms with Gasteiger partial charge >= 0.3 is 0 Å². The van der Waals surface area contributed by atoms with Crippen molar-refractivity contribution in [3.8, 4) is 0 Å². The van der Waals surface area contributed by atoms with Gasteiger partial charge in [0.05, 0.1) is 11.9 Å². The number of hydrogen-bond donors (Lipinski definition) is 1. The Hall–Kier alpha value is -0.990. The Morgan fingerprint density at radius 2 is 2.21 bits per heavy atom. The molecule has 0 spiro atoms. The van der Waals surface area contributed by atoms with Gasteiger partial charge in [0.15, 0.2) is 0 Å². The first-order valence-corrected chi connectivity index (χ1v) is 5.40. The molecule has 3 heteroatoms. The Morgan fingerprint density at radius 3 is 2.71 bits per heavy atom. The molecule has 1 aromatic rings. The van der Waals surface area contributed by atoms with E-state index in [1.165, 1.54) is 12.8 Å². The molecular weight excluding hydrogens is 174 g/mol. The maximum atomic E-state index is 4.14. The Kier molecular flexibility index (Phi) is 2.48. The van der Waals surface area contributed by atoms with E-state index in [0.29, 0.717) is 6.04 Å². The second kappa shape index (κ2) is 3.64. The molecule has 1 aliphatic carbocycles. The van der Waals surface area contributed by atoms with Crippen molar-refractivity contribution >= 4 is 5.69 Å². The number of nitrogens with zero attached hydrogens (tertiary/aromatic N) is 2. The molecular formula is C11H19N3. The Bertz CT molecular complexity index is 297. The van der Waals surface area contributed by atoms with Crippen LogP contribution in [0.1, 0.15) is 26.7 Å². The van der Waals surface area contributed by atoms with E-state index in [4.69, 9.17) is 0 Å². The van der Waals surface area contributed by atoms with Crippen LogP contribution >= 0.6 is 0 Å². The summed E-state index contributed by atoms with van der Waals surface area (Å²) < 4.78 is 1.83. The molecule has 1 heterocycles. The van der Waals surface area contributed by atoms with Crippen LogP contribution in [-0.2, 0) is 7.05 Å². The van der Waals surface area contributed by atoms with Crippen molar-refractivity contribution in [2.24, 2.45) is 18.9 Å². The zero-order valence-electron chi connectivity index (χ0n) is 9.20. The van der Waals surface area contributed by atoms with Crippen molar-refractivity contribution in [1.82, 2.24) is 9.78 Å². The second-order valence-corrected chi connectivity index (χ2v) is 4.72. The van der Waals surface area contributed by atoms with Crippen LogP contribution in [-0.4, -0.2) is 15.8 Å². The summed E-state index contributed by atoms with van der Waals surface area (Å²) in [6.07, 6.45) is 6.55. The highest BCUT2D eigenvalue weighted by molar-refractivity contribution is 5.39. The van der Waals surface area contributed by atoms with Crippen LogP contribution in [0.25, 0.3) is 0 Å². The van der Waals surface area contributed by atoms with E-state index in [9.17, 15) is 0 Å². The predicted molar refractivity (Wildman–Crippen MR) is 58.2 cm³/mol. The summed E-state index contributed by atoms with van der Waals surface area (Å²) in [4.78, 5) is 0. The Morgan fingerprint density at radius 1 is 1.50 bits per heavy atom. The fourth-order valence-corrected chi connectivity index (χ4v) is 2.06. The third-order valence-corrected chi connectivity index (χ3v) is 3.19. The van der Waals surface area contributed by atoms with Gasteiger partial charge in [0.1, 0.15) is 0 Å². The SMILES string of the molecule is CC(C)C1CC(Nc2cnn(C)c2)C1. The highest BCUT2D eigenvalue weighted by Gasteiger charge is 2.30. The van der Waals surface area contributed by atoms with E-state index < -0.39 is 0 Å². The molecule has 0 aromatic carbocycles. The van der Waals surface area contributed by atoms with Crippen LogP contribution in [0.3, 0.4) is 0 Å². The highest BCUT2D eigenvalue weighted by atomic mass is 15.3. The smallest absolute Gasteiger partial charge is 0.0728 e. The van der Waals surface area contributed by atoms with Gasteiger partial charge in [-0.05, 0) is 24.7 Å². The van der Waals surface area contributed by atoms with Gasteiger partial charge in [-0.15, -0.1) is 0 Å². The summed E-state index contributed by atoms with van der Waals surface area (Å²) in [5.74, 6) is 1.76. The van der Waals surface area contributed by atoms with Gasteiger partial charge in [-0.2, -0.15) is 5.10 Å². The molecule has 0 unspecified atom stereocenters. The van der Waals surface area contributed by atoms with Gasteiger partial charge in [0.25, 0.3) is 0 Å². The molecule has 1 aromatic heterocycles. The molecule has 3 nitrogen and oxygen atoms in total. The molecule has 1 fully saturated rings. The molecule has 78 valence electrons. The van der Waals surface area contributed by atoms with Crippen molar-refractivity contribution in [3.05, 3.63) is 12.4 Å². The van der Waals surface area contributed by atoms with E-state index in [0.717, 1.165) is 17.5 Å². The van der Waals surface area contributed by atoms with Gasteiger partial charge in [0.2, 0.25) is 0 Å². The fourth-order valence-electron chi connectivity index (χ4n) is 2.06. The lowest BCUT2D eigenvalue weighted by Crippen LogP contribution is -2.37. The van der Waals surface area contributed by atoms with Crippen molar-refractivity contribution in [3.63, 3.8) is 0 Å². The van der Waals surface area contributed by atoms with Crippen molar-refractivity contribution in [2.75, 3.05) is 5.32 Å². The van der Waals surface area contributed by atoms with E-state index in [1.54, 1.807) is 0 Å². The zero-order chi connectivity index (χ0) is 10.1. The monoisotopic (exact) mass is 193 g/mol. The molecule has 1 N–H and O–H groups in total. The lowest BCUT2D eigenvalue weighted by molar-refractivity contribution is 0.212. The topological polar surface area (TPSA) is 29.9 Å². The molecule has 0 amide bonds. The molecule has 2 rings (SSSR count). The zero-order valence-corrected chi connectivity index (χ0v) is 9.20. The van der Waals surface area contributed by atoms with Gasteiger partial charge in [-0.1, -0.05) is 13.8 Å². The van der Waals surface area contributed by atoms with Crippen LogP contribution < -0.4 is 5.32 Å². The quantitative estimate of drug-likeness (QED) is 0.798. The van der Waals surface area contributed by atoms with Crippen LogP contribution in [0.15, 0.2) is 12.4 Å². The van der Waals surface area contributed by atoms with Gasteiger partial charge in [-0.25, -0.2) is 0 Å². The standard InChI is InChI=1S/C11H19N3/c1-8(2)9-4-10(5-9)13-11-6-12-14(3)7-11/h6-10,13H,4-5H2,1-3H3. The summed E-state index contributed by atoms with van der Waals surface area (Å²) >= 11 is 0. The first-order chi connectivity index (χ1) is 6.65. The van der Waals surface area contributed by atoms with E-state index in [2.05, 4.69) is 24.3 Å². The Balaban J connectivity index is 1.79. The molecule has 1 aliphatic rings. The third-order valence-electron chi connectivity index (χ3n) is 3.19. The van der Waals surface area contributed by atoms with Crippen LogP contribution in [0.5, 0.6) is 0 Å². The summed E-state index contributed by atoms with van der Waals surface area (Å²) in [6, 6.07) is 0.673. The summed E-state index contributed by atoms with van der Waals surface area (Å²) in [7, 11) is 1.95. The lowest BCUT2D eigenvalue weighted by Gasteiger charge is -2.38. The molecule has 0 atom stereocenters. The first-order valence-electron chi connectivity index (χ1n) is 5.40. The lowest BCUT2D eigenvalue weighted by atomic mass is 9.73. The van der Waals surface area contributed by atoms with Crippen LogP contribution in [0, 0.1) is 11.8 Å². The number of aromatic nitrogens is 2. The van der Waals surface area contributed by atoms with E-state index in [1.807, 2.05) is 24.1 Å². The van der Waals surface area contributed by atoms with Crippen LogP contribution in [0.2, 0.25) is 0 Å². The molecule has 0 aliphatic heterocycles. The third kappa shape index (κ3) is 1.91. The molecule has 1 saturated carbocycles. The Labute approximate surface area is 85.5 Å². The largest absolute Gasteiger partial charge is 0.380 e. The fraction of sp³-hybridized carbons (Fsp3) is 0.727. The van der Waals surface area contributed by atoms with Crippen molar-refractivity contribution in [1.29, 1.82) is 0 Å². The van der Waals surface area contributed by atoms with Gasteiger partial charge in [-0.3, -0.25) is 4.68 Å². The van der Waals surface area contributed by atoms with Gasteiger partial charge < -0.3 is 5.32 Å². The number of rotatable bonds is 3. The number of anilines is 1. The molecule has 14 heavy (non-hydrogen) atoms. The minimum Gasteiger partial charge on any atom is -0.380 e. The van der Waals surface area contributed by atoms with Crippen LogP contribution in [0.4, 0.5) is 5.69 Å². The maximum Gasteiger partial charge on any atom is 0.0728 e. The number of nitrogens with one attached hydrogen (secondary N) is 1. The molecule has 0 bridgehead atoms. The average molecular weight is 193 g/mol. The number of aryl methyl sites for hydroxylation is 1. The van der Waals surface area contributed by atoms with Gasteiger partial charge in [0, 0.05) is 19.3 Å². The predicted octanol–water partition coefficient (Wildman–Crippen LogP) is 2.27. The number of hydrogen-bond acceptors (Lipinski definition) is 2. The van der Waals surface area contributed by atoms with E-state index >= 15 is 0 Å². The second-order valence-electron chi connectivity index (χ2n) is 4.72. The first kappa shape index (κ1) is 9.56. The highest BCUT2D eigenvalue weighted by Crippen LogP contribution is 2.35. The van der Waals surface area contributed by atoms with E-state index in [-0.39, 0.29) is 0 Å².